The van der Waals surface area contributed by atoms with Crippen molar-refractivity contribution in [1.29, 1.82) is 0 Å². The maximum Gasteiger partial charge on any atom is 0.335 e. The minimum Gasteiger partial charge on any atom is -0.506 e. The van der Waals surface area contributed by atoms with E-state index in [4.69, 9.17) is 9.84 Å². The third-order valence-electron chi connectivity index (χ3n) is 2.56. The predicted molar refractivity (Wildman–Crippen MR) is 57.9 cm³/mol. The molecule has 3 N–H and O–H groups in total. The number of nitrogens with one attached hydrogen (secondary N) is 1. The normalized spacial score (nSPS) is 18.9. The van der Waals surface area contributed by atoms with E-state index in [9.17, 15) is 9.90 Å². The van der Waals surface area contributed by atoms with E-state index in [0.717, 1.165) is 13.0 Å². The highest BCUT2D eigenvalue weighted by molar-refractivity contribution is 5.89. The average molecular weight is 223 g/mol. The van der Waals surface area contributed by atoms with E-state index < -0.39 is 5.97 Å². The van der Waals surface area contributed by atoms with Gasteiger partial charge in [0.1, 0.15) is 5.75 Å². The van der Waals surface area contributed by atoms with E-state index in [1.807, 2.05) is 0 Å². The summed E-state index contributed by atoms with van der Waals surface area (Å²) in [5.41, 5.74) is 0.574. The molecule has 0 unspecified atom stereocenters. The molecular weight excluding hydrogens is 210 g/mol. The van der Waals surface area contributed by atoms with Crippen molar-refractivity contribution in [1.82, 2.24) is 0 Å². The van der Waals surface area contributed by atoms with Gasteiger partial charge in [-0.2, -0.15) is 0 Å². The summed E-state index contributed by atoms with van der Waals surface area (Å²) in [6.07, 6.45) is 1.15. The lowest BCUT2D eigenvalue weighted by Crippen LogP contribution is -2.33. The summed E-state index contributed by atoms with van der Waals surface area (Å²) in [6.45, 7) is 1.35. The topological polar surface area (TPSA) is 78.8 Å². The zero-order chi connectivity index (χ0) is 11.5. The van der Waals surface area contributed by atoms with Crippen LogP contribution in [0.2, 0.25) is 0 Å². The van der Waals surface area contributed by atoms with Gasteiger partial charge in [0.25, 0.3) is 0 Å². The largest absolute Gasteiger partial charge is 0.506 e. The summed E-state index contributed by atoms with van der Waals surface area (Å²) in [5.74, 6) is -0.965. The number of phenols is 1. The van der Waals surface area contributed by atoms with E-state index in [2.05, 4.69) is 5.32 Å². The maximum absolute atomic E-state index is 10.7. The van der Waals surface area contributed by atoms with Gasteiger partial charge in [-0.1, -0.05) is 0 Å². The molecule has 0 saturated carbocycles. The second-order valence-electron chi connectivity index (χ2n) is 3.70. The molecule has 0 aromatic heterocycles. The number of anilines is 1. The quantitative estimate of drug-likeness (QED) is 0.670. The Bertz CT molecular complexity index is 401. The number of rotatable bonds is 4. The molecule has 16 heavy (non-hydrogen) atoms. The molecule has 5 heteroatoms. The number of benzene rings is 1. The van der Waals surface area contributed by atoms with E-state index in [-0.39, 0.29) is 17.4 Å². The Hall–Kier alpha value is -1.75. The first-order valence-corrected chi connectivity index (χ1v) is 5.08. The van der Waals surface area contributed by atoms with Gasteiger partial charge in [0.2, 0.25) is 0 Å². The highest BCUT2D eigenvalue weighted by atomic mass is 16.5. The Kier molecular flexibility index (Phi) is 2.96. The fourth-order valence-corrected chi connectivity index (χ4v) is 1.48. The Morgan fingerprint density at radius 1 is 1.56 bits per heavy atom. The van der Waals surface area contributed by atoms with Crippen molar-refractivity contribution in [3.8, 4) is 5.75 Å². The Balaban J connectivity index is 2.05. The Morgan fingerprint density at radius 2 is 2.31 bits per heavy atom. The van der Waals surface area contributed by atoms with Gasteiger partial charge in [-0.3, -0.25) is 0 Å². The van der Waals surface area contributed by atoms with Crippen LogP contribution in [0.5, 0.6) is 5.75 Å². The summed E-state index contributed by atoms with van der Waals surface area (Å²) in [6, 6.07) is 4.15. The number of phenolic OH excluding ortho intramolecular Hbond substituents is 1. The number of carboxylic acids is 1. The smallest absolute Gasteiger partial charge is 0.335 e. The van der Waals surface area contributed by atoms with Crippen LogP contribution in [0.25, 0.3) is 0 Å². The summed E-state index contributed by atoms with van der Waals surface area (Å²) >= 11 is 0. The van der Waals surface area contributed by atoms with Crippen LogP contribution in [0, 0.1) is 0 Å². The average Bonchev–Trinajstić information content (AvgIpc) is 2.18. The third kappa shape index (κ3) is 2.25. The van der Waals surface area contributed by atoms with E-state index >= 15 is 0 Å². The summed E-state index contributed by atoms with van der Waals surface area (Å²) in [4.78, 5) is 10.7. The molecule has 1 aromatic carbocycles. The molecule has 0 aliphatic carbocycles. The number of carbonyl (C=O) groups is 1. The van der Waals surface area contributed by atoms with Gasteiger partial charge in [-0.15, -0.1) is 0 Å². The highest BCUT2D eigenvalue weighted by Crippen LogP contribution is 2.25. The molecular formula is C11H13NO4. The van der Waals surface area contributed by atoms with Crippen LogP contribution >= 0.6 is 0 Å². The molecule has 0 radical (unpaired) electrons. The van der Waals surface area contributed by atoms with Crippen molar-refractivity contribution in [2.75, 3.05) is 18.5 Å². The van der Waals surface area contributed by atoms with Crippen LogP contribution in [-0.2, 0) is 4.74 Å². The lowest BCUT2D eigenvalue weighted by atomic mass is 10.1. The van der Waals surface area contributed by atoms with Gasteiger partial charge in [-0.05, 0) is 24.6 Å². The second kappa shape index (κ2) is 4.40. The molecule has 1 saturated heterocycles. The van der Waals surface area contributed by atoms with E-state index in [1.54, 1.807) is 0 Å². The van der Waals surface area contributed by atoms with Crippen LogP contribution in [0.15, 0.2) is 18.2 Å². The molecule has 0 bridgehead atoms. The number of aromatic hydroxyl groups is 1. The van der Waals surface area contributed by atoms with Crippen LogP contribution in [0.1, 0.15) is 16.8 Å². The van der Waals surface area contributed by atoms with Gasteiger partial charge in [0, 0.05) is 13.2 Å². The molecule has 1 aliphatic rings. The van der Waals surface area contributed by atoms with Crippen molar-refractivity contribution < 1.29 is 19.7 Å². The Morgan fingerprint density at radius 3 is 2.88 bits per heavy atom. The van der Waals surface area contributed by atoms with Gasteiger partial charge in [0.15, 0.2) is 0 Å². The molecule has 86 valence electrons. The van der Waals surface area contributed by atoms with Gasteiger partial charge in [-0.25, -0.2) is 4.79 Å². The minimum absolute atomic E-state index is 0.0457. The van der Waals surface area contributed by atoms with Crippen molar-refractivity contribution in [2.45, 2.75) is 12.5 Å². The molecule has 5 nitrogen and oxygen atoms in total. The Labute approximate surface area is 92.7 Å². The number of ether oxygens (including phenoxy) is 1. The number of hydrogen-bond acceptors (Lipinski definition) is 4. The zero-order valence-electron chi connectivity index (χ0n) is 8.64. The fourth-order valence-electron chi connectivity index (χ4n) is 1.48. The molecule has 1 heterocycles. The van der Waals surface area contributed by atoms with Crippen LogP contribution in [0.4, 0.5) is 5.69 Å². The predicted octanol–water partition coefficient (Wildman–Crippen LogP) is 1.29. The minimum atomic E-state index is -1.01. The number of hydrogen-bond donors (Lipinski definition) is 3. The first kappa shape index (κ1) is 10.8. The number of aromatic carboxylic acids is 1. The van der Waals surface area contributed by atoms with Gasteiger partial charge in [0.05, 0.1) is 17.4 Å². The molecule has 1 atom stereocenters. The summed E-state index contributed by atoms with van der Waals surface area (Å²) in [5, 5.41) is 21.3. The molecule has 1 aliphatic heterocycles. The third-order valence-corrected chi connectivity index (χ3v) is 2.56. The lowest BCUT2D eigenvalue weighted by molar-refractivity contribution is -0.0410. The second-order valence-corrected chi connectivity index (χ2v) is 3.70. The maximum atomic E-state index is 10.7. The van der Waals surface area contributed by atoms with Crippen molar-refractivity contribution >= 4 is 11.7 Å². The summed E-state index contributed by atoms with van der Waals surface area (Å²) in [7, 11) is 0. The molecule has 1 fully saturated rings. The van der Waals surface area contributed by atoms with Crippen molar-refractivity contribution in [2.24, 2.45) is 0 Å². The van der Waals surface area contributed by atoms with Crippen LogP contribution < -0.4 is 5.32 Å². The summed E-state index contributed by atoms with van der Waals surface area (Å²) < 4.78 is 5.21. The zero-order valence-corrected chi connectivity index (χ0v) is 8.64. The standard InChI is InChI=1S/C11H13NO4/c13-10-2-1-7(11(14)15)5-9(10)12-6-8-3-4-16-8/h1-2,5,8,12-13H,3-4,6H2,(H,14,15)/t8-/m0/s1. The lowest BCUT2D eigenvalue weighted by Gasteiger charge is -2.27. The highest BCUT2D eigenvalue weighted by Gasteiger charge is 2.18. The molecule has 0 amide bonds. The molecule has 1 aromatic rings. The monoisotopic (exact) mass is 223 g/mol. The molecule has 0 spiro atoms. The SMILES string of the molecule is O=C(O)c1ccc(O)c(NC[C@@H]2CCO2)c1. The van der Waals surface area contributed by atoms with E-state index in [1.165, 1.54) is 18.2 Å². The van der Waals surface area contributed by atoms with Gasteiger partial charge >= 0.3 is 5.97 Å². The van der Waals surface area contributed by atoms with Crippen LogP contribution in [0.3, 0.4) is 0 Å². The molecule has 2 rings (SSSR count). The first-order valence-electron chi connectivity index (χ1n) is 5.08. The van der Waals surface area contributed by atoms with Crippen molar-refractivity contribution in [3.05, 3.63) is 23.8 Å². The number of carboxylic acid groups (broad SMARTS) is 1. The fraction of sp³-hybridized carbons (Fsp3) is 0.364. The van der Waals surface area contributed by atoms with Crippen molar-refractivity contribution in [3.63, 3.8) is 0 Å². The van der Waals surface area contributed by atoms with Crippen LogP contribution in [-0.4, -0.2) is 35.4 Å². The first-order chi connectivity index (χ1) is 7.66. The van der Waals surface area contributed by atoms with E-state index in [0.29, 0.717) is 12.2 Å². The van der Waals surface area contributed by atoms with Gasteiger partial charge < -0.3 is 20.3 Å².